The Bertz CT molecular complexity index is 141. The second kappa shape index (κ2) is 4.57. The lowest BCUT2D eigenvalue weighted by molar-refractivity contribution is -0.290. The Morgan fingerprint density at radius 2 is 0.786 bits per heavy atom. The van der Waals surface area contributed by atoms with E-state index >= 15 is 0 Å². The molecule has 0 bridgehead atoms. The van der Waals surface area contributed by atoms with E-state index in [0.29, 0.717) is 0 Å². The van der Waals surface area contributed by atoms with Crippen LogP contribution in [0.3, 0.4) is 0 Å². The second-order valence-corrected chi connectivity index (χ2v) is 3.64. The Kier molecular flexibility index (Phi) is 3.89. The van der Waals surface area contributed by atoms with Gasteiger partial charge in [-0.3, -0.25) is 0 Å². The van der Waals surface area contributed by atoms with Crippen molar-refractivity contribution in [1.29, 1.82) is 0 Å². The zero-order valence-electron chi connectivity index (χ0n) is 9.46. The van der Waals surface area contributed by atoms with E-state index in [0.717, 1.165) is 25.7 Å². The lowest BCUT2D eigenvalue weighted by Gasteiger charge is -2.43. The molecule has 4 nitrogen and oxygen atoms in total. The predicted molar refractivity (Wildman–Crippen MR) is 52.0 cm³/mol. The molecule has 1 aliphatic rings. The van der Waals surface area contributed by atoms with Gasteiger partial charge in [0.15, 0.2) is 11.6 Å². The van der Waals surface area contributed by atoms with Crippen molar-refractivity contribution < 1.29 is 18.9 Å². The molecule has 84 valence electrons. The van der Waals surface area contributed by atoms with Crippen molar-refractivity contribution in [2.75, 3.05) is 28.4 Å². The molecule has 0 N–H and O–H groups in total. The lowest BCUT2D eigenvalue weighted by Crippen LogP contribution is -2.47. The molecule has 0 amide bonds. The minimum atomic E-state index is -0.444. The van der Waals surface area contributed by atoms with Crippen LogP contribution in [0.4, 0.5) is 0 Å². The Morgan fingerprint density at radius 1 is 0.571 bits per heavy atom. The van der Waals surface area contributed by atoms with Crippen LogP contribution >= 0.6 is 0 Å². The molecule has 1 fully saturated rings. The van der Waals surface area contributed by atoms with Crippen LogP contribution in [-0.2, 0) is 18.9 Å². The fourth-order valence-electron chi connectivity index (χ4n) is 1.99. The van der Waals surface area contributed by atoms with E-state index in [9.17, 15) is 0 Å². The molecule has 0 heterocycles. The quantitative estimate of drug-likeness (QED) is 0.651. The van der Waals surface area contributed by atoms with Gasteiger partial charge in [-0.25, -0.2) is 0 Å². The zero-order valence-corrected chi connectivity index (χ0v) is 9.46. The summed E-state index contributed by atoms with van der Waals surface area (Å²) in [7, 11) is 6.71. The summed E-state index contributed by atoms with van der Waals surface area (Å²) in [6.45, 7) is 0. The van der Waals surface area contributed by atoms with Crippen molar-refractivity contribution in [3.05, 3.63) is 0 Å². The highest BCUT2D eigenvalue weighted by Crippen LogP contribution is 2.39. The topological polar surface area (TPSA) is 36.9 Å². The van der Waals surface area contributed by atoms with Gasteiger partial charge in [0.2, 0.25) is 0 Å². The molecule has 0 aromatic carbocycles. The lowest BCUT2D eigenvalue weighted by atomic mass is 9.88. The first-order valence-corrected chi connectivity index (χ1v) is 4.86. The first-order valence-electron chi connectivity index (χ1n) is 4.86. The number of rotatable bonds is 4. The first-order chi connectivity index (χ1) is 6.66. The molecule has 0 aliphatic heterocycles. The minimum absolute atomic E-state index is 0.444. The number of hydrogen-bond donors (Lipinski definition) is 0. The van der Waals surface area contributed by atoms with Gasteiger partial charge in [-0.2, -0.15) is 0 Å². The van der Waals surface area contributed by atoms with Crippen molar-refractivity contribution in [2.45, 2.75) is 37.3 Å². The van der Waals surface area contributed by atoms with Crippen LogP contribution in [0.5, 0.6) is 0 Å². The summed E-state index contributed by atoms with van der Waals surface area (Å²) >= 11 is 0. The van der Waals surface area contributed by atoms with Crippen LogP contribution in [0.15, 0.2) is 0 Å². The molecule has 14 heavy (non-hydrogen) atoms. The highest BCUT2D eigenvalue weighted by molar-refractivity contribution is 4.85. The third-order valence-electron chi connectivity index (χ3n) is 3.26. The molecule has 0 saturated heterocycles. The average Bonchev–Trinajstić information content (AvgIpc) is 2.29. The minimum Gasteiger partial charge on any atom is -0.353 e. The fourth-order valence-corrected chi connectivity index (χ4v) is 1.99. The Labute approximate surface area is 85.5 Å². The summed E-state index contributed by atoms with van der Waals surface area (Å²) in [5.74, 6) is -0.888. The van der Waals surface area contributed by atoms with Gasteiger partial charge in [-0.15, -0.1) is 0 Å². The van der Waals surface area contributed by atoms with Crippen molar-refractivity contribution in [3.63, 3.8) is 0 Å². The van der Waals surface area contributed by atoms with Crippen LogP contribution in [0.2, 0.25) is 0 Å². The van der Waals surface area contributed by atoms with Crippen LogP contribution in [0, 0.1) is 0 Å². The van der Waals surface area contributed by atoms with E-state index in [2.05, 4.69) is 0 Å². The van der Waals surface area contributed by atoms with E-state index in [1.807, 2.05) is 0 Å². The number of methoxy groups -OCH3 is 4. The largest absolute Gasteiger partial charge is 0.353 e. The van der Waals surface area contributed by atoms with Gasteiger partial charge >= 0.3 is 0 Å². The summed E-state index contributed by atoms with van der Waals surface area (Å²) in [5, 5.41) is 0. The molecular weight excluding hydrogens is 184 g/mol. The van der Waals surface area contributed by atoms with Gasteiger partial charge in [0, 0.05) is 54.1 Å². The summed E-state index contributed by atoms with van der Waals surface area (Å²) in [6, 6.07) is 0. The Balaban J connectivity index is 2.59. The molecule has 0 atom stereocenters. The highest BCUT2D eigenvalue weighted by Gasteiger charge is 2.43. The molecule has 0 radical (unpaired) electrons. The number of ether oxygens (including phenoxy) is 4. The van der Waals surface area contributed by atoms with E-state index in [1.165, 1.54) is 0 Å². The van der Waals surface area contributed by atoms with Crippen molar-refractivity contribution in [1.82, 2.24) is 0 Å². The van der Waals surface area contributed by atoms with E-state index in [-0.39, 0.29) is 0 Å². The van der Waals surface area contributed by atoms with E-state index < -0.39 is 11.6 Å². The average molecular weight is 204 g/mol. The van der Waals surface area contributed by atoms with Gasteiger partial charge in [-0.05, 0) is 0 Å². The third-order valence-corrected chi connectivity index (χ3v) is 3.26. The molecular formula is C10H20O4. The van der Waals surface area contributed by atoms with Gasteiger partial charge in [0.1, 0.15) is 0 Å². The van der Waals surface area contributed by atoms with E-state index in [4.69, 9.17) is 18.9 Å². The van der Waals surface area contributed by atoms with Crippen LogP contribution in [0.25, 0.3) is 0 Å². The van der Waals surface area contributed by atoms with Gasteiger partial charge in [0.25, 0.3) is 0 Å². The molecule has 0 unspecified atom stereocenters. The van der Waals surface area contributed by atoms with Gasteiger partial charge < -0.3 is 18.9 Å². The third kappa shape index (κ3) is 2.08. The monoisotopic (exact) mass is 204 g/mol. The van der Waals surface area contributed by atoms with Crippen LogP contribution < -0.4 is 0 Å². The van der Waals surface area contributed by atoms with Crippen LogP contribution in [0.1, 0.15) is 25.7 Å². The van der Waals surface area contributed by atoms with Gasteiger partial charge in [0.05, 0.1) is 0 Å². The van der Waals surface area contributed by atoms with Crippen LogP contribution in [-0.4, -0.2) is 40.0 Å². The molecule has 1 aliphatic carbocycles. The zero-order chi connectivity index (χ0) is 10.7. The molecule has 0 aromatic rings. The maximum absolute atomic E-state index is 5.38. The Morgan fingerprint density at radius 3 is 0.929 bits per heavy atom. The maximum atomic E-state index is 5.38. The molecule has 0 aromatic heterocycles. The first kappa shape index (κ1) is 11.9. The van der Waals surface area contributed by atoms with Crippen molar-refractivity contribution in [3.8, 4) is 0 Å². The predicted octanol–water partition coefficient (Wildman–Crippen LogP) is 1.54. The normalized spacial score (nSPS) is 24.9. The molecule has 4 heteroatoms. The SMILES string of the molecule is COC1(OC)CCC(OC)(OC)CC1. The Hall–Kier alpha value is -0.160. The van der Waals surface area contributed by atoms with E-state index in [1.54, 1.807) is 28.4 Å². The maximum Gasteiger partial charge on any atom is 0.167 e. The van der Waals surface area contributed by atoms with Crippen molar-refractivity contribution in [2.24, 2.45) is 0 Å². The summed E-state index contributed by atoms with van der Waals surface area (Å²) in [4.78, 5) is 0. The fraction of sp³-hybridized carbons (Fsp3) is 1.00. The summed E-state index contributed by atoms with van der Waals surface area (Å²) in [6.07, 6.45) is 3.17. The summed E-state index contributed by atoms with van der Waals surface area (Å²) in [5.41, 5.74) is 0. The van der Waals surface area contributed by atoms with Gasteiger partial charge in [-0.1, -0.05) is 0 Å². The highest BCUT2D eigenvalue weighted by atomic mass is 16.7. The molecule has 1 rings (SSSR count). The standard InChI is InChI=1S/C10H20O4/c1-11-9(12-2)5-7-10(13-3,14-4)8-6-9/h5-8H2,1-4H3. The second-order valence-electron chi connectivity index (χ2n) is 3.64. The smallest absolute Gasteiger partial charge is 0.167 e. The van der Waals surface area contributed by atoms with Crippen molar-refractivity contribution >= 4 is 0 Å². The number of hydrogen-bond acceptors (Lipinski definition) is 4. The molecule has 0 spiro atoms. The molecule has 1 saturated carbocycles. The summed E-state index contributed by atoms with van der Waals surface area (Å²) < 4.78 is 21.5.